The van der Waals surface area contributed by atoms with Gasteiger partial charge in [0.05, 0.1) is 22.1 Å². The number of ether oxygens (including phenoxy) is 1. The number of sulfonamides is 1. The van der Waals surface area contributed by atoms with Gasteiger partial charge in [0.1, 0.15) is 5.75 Å². The van der Waals surface area contributed by atoms with Gasteiger partial charge in [-0.1, -0.05) is 24.3 Å². The van der Waals surface area contributed by atoms with Crippen LogP contribution in [0.3, 0.4) is 0 Å². The highest BCUT2D eigenvalue weighted by Gasteiger charge is 2.32. The highest BCUT2D eigenvalue weighted by Crippen LogP contribution is 2.33. The molecule has 11 heteroatoms. The van der Waals surface area contributed by atoms with E-state index in [0.717, 1.165) is 22.5 Å². The minimum atomic E-state index is -4.69. The van der Waals surface area contributed by atoms with Crippen molar-refractivity contribution in [1.29, 1.82) is 5.26 Å². The van der Waals surface area contributed by atoms with Crippen LogP contribution in [0.2, 0.25) is 0 Å². The molecule has 0 aliphatic heterocycles. The van der Waals surface area contributed by atoms with Crippen LogP contribution in [0.1, 0.15) is 16.7 Å². The second-order valence-corrected chi connectivity index (χ2v) is 9.54. The van der Waals surface area contributed by atoms with E-state index in [0.29, 0.717) is 28.3 Å². The normalized spacial score (nSPS) is 11.8. The van der Waals surface area contributed by atoms with Crippen LogP contribution in [0.5, 0.6) is 5.75 Å². The van der Waals surface area contributed by atoms with E-state index in [9.17, 15) is 31.6 Å². The molecular weight excluding hydrogens is 485 g/mol. The topological polar surface area (TPSA) is 108 Å². The summed E-state index contributed by atoms with van der Waals surface area (Å²) < 4.78 is 71.2. The van der Waals surface area contributed by atoms with Gasteiger partial charge in [0.15, 0.2) is 6.61 Å². The molecule has 0 radical (unpaired) electrons. The number of nitrogens with zero attached hydrogens (tertiary/aromatic N) is 2. The van der Waals surface area contributed by atoms with E-state index in [1.807, 2.05) is 6.07 Å². The predicted octanol–water partition coefficient (Wildman–Crippen LogP) is 4.53. The molecule has 1 N–H and O–H groups in total. The zero-order valence-corrected chi connectivity index (χ0v) is 19.1. The Morgan fingerprint density at radius 2 is 1.80 bits per heavy atom. The Bertz CT molecular complexity index is 1400. The first kappa shape index (κ1) is 25.7. The molecule has 0 atom stereocenters. The first-order valence-electron chi connectivity index (χ1n) is 10.0. The van der Waals surface area contributed by atoms with Gasteiger partial charge in [-0.2, -0.15) is 22.7 Å². The molecule has 3 rings (SSSR count). The van der Waals surface area contributed by atoms with Crippen molar-refractivity contribution in [2.24, 2.45) is 0 Å². The molecule has 0 saturated heterocycles. The summed E-state index contributed by atoms with van der Waals surface area (Å²) in [5.41, 5.74) is 0.691. The highest BCUT2D eigenvalue weighted by atomic mass is 32.2. The fourth-order valence-corrected chi connectivity index (χ4v) is 4.48. The van der Waals surface area contributed by atoms with Gasteiger partial charge in [-0.25, -0.2) is 13.2 Å². The minimum Gasteiger partial charge on any atom is -0.481 e. The fourth-order valence-electron chi connectivity index (χ4n) is 3.28. The van der Waals surface area contributed by atoms with Crippen molar-refractivity contribution in [3.8, 4) is 22.9 Å². The standard InChI is InChI=1S/C24H19F3N2O5S/c1-29(35(32,33)20-7-3-6-19(12-20)24(25,26)27)14-17-8-9-22(34-15-23(30)31)21(11-17)18-5-2-4-16(10-18)13-28/h2-12H,14-15H2,1H3,(H,30,31). The SMILES string of the molecule is CN(Cc1ccc(OCC(=O)O)c(-c2cccc(C#N)c2)c1)S(=O)(=O)c1cccc(C(F)(F)F)c1. The van der Waals surface area contributed by atoms with E-state index in [1.165, 1.54) is 19.2 Å². The molecular formula is C24H19F3N2O5S. The largest absolute Gasteiger partial charge is 0.481 e. The third kappa shape index (κ3) is 6.17. The molecule has 0 aromatic heterocycles. The molecule has 0 aliphatic carbocycles. The molecule has 0 saturated carbocycles. The van der Waals surface area contributed by atoms with Gasteiger partial charge >= 0.3 is 12.1 Å². The lowest BCUT2D eigenvalue weighted by Crippen LogP contribution is -2.26. The maximum absolute atomic E-state index is 13.0. The molecule has 0 heterocycles. The van der Waals surface area contributed by atoms with Crippen molar-refractivity contribution in [3.63, 3.8) is 0 Å². The van der Waals surface area contributed by atoms with Gasteiger partial charge < -0.3 is 9.84 Å². The number of rotatable bonds is 8. The zero-order chi connectivity index (χ0) is 25.8. The van der Waals surface area contributed by atoms with E-state index >= 15 is 0 Å². The summed E-state index contributed by atoms with van der Waals surface area (Å²) in [6, 6.07) is 16.5. The number of benzene rings is 3. The molecule has 0 bridgehead atoms. The Labute approximate surface area is 199 Å². The van der Waals surface area contributed by atoms with Crippen molar-refractivity contribution in [3.05, 3.63) is 83.4 Å². The lowest BCUT2D eigenvalue weighted by molar-refractivity contribution is -0.139. The molecule has 0 fully saturated rings. The van der Waals surface area contributed by atoms with Gasteiger partial charge in [-0.15, -0.1) is 0 Å². The summed E-state index contributed by atoms with van der Waals surface area (Å²) in [4.78, 5) is 10.5. The van der Waals surface area contributed by atoms with Crippen LogP contribution in [0.4, 0.5) is 13.2 Å². The van der Waals surface area contributed by atoms with E-state index in [4.69, 9.17) is 9.84 Å². The van der Waals surface area contributed by atoms with Gasteiger partial charge in [0.25, 0.3) is 0 Å². The molecule has 182 valence electrons. The zero-order valence-electron chi connectivity index (χ0n) is 18.3. The number of hydrogen-bond donors (Lipinski definition) is 1. The summed E-state index contributed by atoms with van der Waals surface area (Å²) in [5, 5.41) is 18.1. The molecule has 0 unspecified atom stereocenters. The fraction of sp³-hybridized carbons (Fsp3) is 0.167. The van der Waals surface area contributed by atoms with Gasteiger partial charge in [0, 0.05) is 19.2 Å². The predicted molar refractivity (Wildman–Crippen MR) is 120 cm³/mol. The third-order valence-electron chi connectivity index (χ3n) is 4.97. The smallest absolute Gasteiger partial charge is 0.416 e. The number of hydrogen-bond acceptors (Lipinski definition) is 5. The average molecular weight is 504 g/mol. The lowest BCUT2D eigenvalue weighted by atomic mass is 10.00. The summed E-state index contributed by atoms with van der Waals surface area (Å²) in [5.74, 6) is -0.993. The first-order valence-corrected chi connectivity index (χ1v) is 11.5. The molecule has 35 heavy (non-hydrogen) atoms. The Balaban J connectivity index is 1.96. The number of halogens is 3. The molecule has 7 nitrogen and oxygen atoms in total. The summed E-state index contributed by atoms with van der Waals surface area (Å²) in [7, 11) is -3.02. The molecule has 3 aromatic rings. The Kier molecular flexibility index (Phi) is 7.48. The summed E-state index contributed by atoms with van der Waals surface area (Å²) in [6.07, 6.45) is -4.69. The second kappa shape index (κ2) is 10.2. The first-order chi connectivity index (χ1) is 16.4. The van der Waals surface area contributed by atoms with Crippen LogP contribution in [0.25, 0.3) is 11.1 Å². The highest BCUT2D eigenvalue weighted by molar-refractivity contribution is 7.89. The Morgan fingerprint density at radius 1 is 1.09 bits per heavy atom. The van der Waals surface area contributed by atoms with E-state index in [1.54, 1.807) is 30.3 Å². The quantitative estimate of drug-likeness (QED) is 0.483. The maximum atomic E-state index is 13.0. The monoisotopic (exact) mass is 504 g/mol. The van der Waals surface area contributed by atoms with Crippen molar-refractivity contribution in [2.75, 3.05) is 13.7 Å². The Hall–Kier alpha value is -3.88. The lowest BCUT2D eigenvalue weighted by Gasteiger charge is -2.19. The van der Waals surface area contributed by atoms with Gasteiger partial charge in [0.2, 0.25) is 10.0 Å². The number of carboxylic acids is 1. The van der Waals surface area contributed by atoms with Crippen LogP contribution in [0, 0.1) is 11.3 Å². The number of alkyl halides is 3. The minimum absolute atomic E-state index is 0.192. The van der Waals surface area contributed by atoms with Crippen LogP contribution < -0.4 is 4.74 Å². The van der Waals surface area contributed by atoms with E-state index in [2.05, 4.69) is 0 Å². The van der Waals surface area contributed by atoms with E-state index in [-0.39, 0.29) is 12.3 Å². The van der Waals surface area contributed by atoms with Crippen molar-refractivity contribution in [2.45, 2.75) is 17.6 Å². The third-order valence-corrected chi connectivity index (χ3v) is 6.77. The number of aliphatic carboxylic acids is 1. The van der Waals surface area contributed by atoms with Crippen molar-refractivity contribution >= 4 is 16.0 Å². The van der Waals surface area contributed by atoms with Crippen molar-refractivity contribution < 1.29 is 36.2 Å². The van der Waals surface area contributed by atoms with Crippen molar-refractivity contribution in [1.82, 2.24) is 4.31 Å². The molecule has 0 spiro atoms. The van der Waals surface area contributed by atoms with E-state index < -0.39 is 39.2 Å². The summed E-state index contributed by atoms with van der Waals surface area (Å²) in [6.45, 7) is -0.809. The van der Waals surface area contributed by atoms with Gasteiger partial charge in [-0.3, -0.25) is 0 Å². The number of carboxylic acid groups (broad SMARTS) is 1. The summed E-state index contributed by atoms with van der Waals surface area (Å²) >= 11 is 0. The van der Waals surface area contributed by atoms with Gasteiger partial charge in [-0.05, 0) is 53.6 Å². The molecule has 0 amide bonds. The second-order valence-electron chi connectivity index (χ2n) is 7.49. The number of nitriles is 1. The Morgan fingerprint density at radius 3 is 2.46 bits per heavy atom. The average Bonchev–Trinajstić information content (AvgIpc) is 2.82. The van der Waals surface area contributed by atoms with Crippen LogP contribution >= 0.6 is 0 Å². The van der Waals surface area contributed by atoms with Crippen LogP contribution in [0.15, 0.2) is 71.6 Å². The maximum Gasteiger partial charge on any atom is 0.416 e. The molecule has 0 aliphatic rings. The molecule has 3 aromatic carbocycles. The van der Waals surface area contributed by atoms with Crippen LogP contribution in [-0.2, 0) is 27.5 Å². The number of carbonyl (C=O) groups is 1. The van der Waals surface area contributed by atoms with Crippen LogP contribution in [-0.4, -0.2) is 37.5 Å².